The number of nitrogens with two attached hydrogens (primary N) is 2. The Morgan fingerprint density at radius 3 is 2.03 bits per heavy atom. The summed E-state index contributed by atoms with van der Waals surface area (Å²) in [7, 11) is -0.719. The van der Waals surface area contributed by atoms with Crippen molar-refractivity contribution in [1.82, 2.24) is 26.6 Å². The third-order valence-corrected chi connectivity index (χ3v) is 12.9. The summed E-state index contributed by atoms with van der Waals surface area (Å²) < 4.78 is 12.5. The lowest BCUT2D eigenvalue weighted by Crippen LogP contribution is -2.60. The Hall–Kier alpha value is -4.84. The van der Waals surface area contributed by atoms with Crippen LogP contribution in [0.3, 0.4) is 0 Å². The van der Waals surface area contributed by atoms with Crippen molar-refractivity contribution in [3.63, 3.8) is 0 Å². The average Bonchev–Trinajstić information content (AvgIpc) is 3.69. The smallest absolute Gasteiger partial charge is 0.404 e. The van der Waals surface area contributed by atoms with Gasteiger partial charge in [0.05, 0.1) is 30.7 Å². The number of primary amides is 1. The fourth-order valence-corrected chi connectivity index (χ4v) is 8.79. The zero-order valence-electron chi connectivity index (χ0n) is 36.9. The van der Waals surface area contributed by atoms with E-state index in [1.54, 1.807) is 19.1 Å². The molecule has 6 amide bonds. The number of carbonyl (C=O) groups is 6. The van der Waals surface area contributed by atoms with Crippen LogP contribution in [0.2, 0.25) is 0 Å². The van der Waals surface area contributed by atoms with Crippen molar-refractivity contribution >= 4 is 42.6 Å². The second-order valence-electron chi connectivity index (χ2n) is 17.9. The van der Waals surface area contributed by atoms with Gasteiger partial charge in [0.1, 0.15) is 24.2 Å². The fourth-order valence-electron chi connectivity index (χ4n) is 8.79. The third-order valence-electron chi connectivity index (χ3n) is 12.9. The topological polar surface area (TPSA) is 253 Å². The number of unbranched alkanes of at least 4 members (excludes halogenated alkanes) is 2. The second kappa shape index (κ2) is 21.5. The van der Waals surface area contributed by atoms with Crippen LogP contribution in [0.1, 0.15) is 109 Å². The monoisotopic (exact) mass is 860 g/mol. The van der Waals surface area contributed by atoms with Crippen molar-refractivity contribution in [3.8, 4) is 11.1 Å². The average molecular weight is 860 g/mol. The van der Waals surface area contributed by atoms with Crippen molar-refractivity contribution in [2.45, 2.75) is 148 Å². The van der Waals surface area contributed by atoms with Gasteiger partial charge < -0.3 is 52.5 Å². The minimum Gasteiger partial charge on any atom is -0.404 e. The lowest BCUT2D eigenvalue weighted by molar-refractivity contribution is -0.150. The highest BCUT2D eigenvalue weighted by Gasteiger charge is 2.62. The van der Waals surface area contributed by atoms with Gasteiger partial charge in [0.15, 0.2) is 0 Å². The first-order valence-corrected chi connectivity index (χ1v) is 22.1. The molecule has 2 bridgehead atoms. The Labute approximate surface area is 365 Å². The SMILES string of the molecule is CCCCc1ccc(-c2ccc(C(=O)N[C@@H](CCCCN)C(=O)N[C@H](C(=O)N[C@@H](C)C(=O)N[C@@H](CC(N)=O)C(=O)N[C@@H](C)B3OC4C[C@@H]5C[C@H](C4O3)C5(C)C)[C@@H](C)O)cc2)cc1. The van der Waals surface area contributed by atoms with Gasteiger partial charge in [0.2, 0.25) is 29.5 Å². The van der Waals surface area contributed by atoms with Crippen LogP contribution in [0.4, 0.5) is 0 Å². The van der Waals surface area contributed by atoms with Gasteiger partial charge in [-0.05, 0) is 118 Å². The van der Waals surface area contributed by atoms with Crippen molar-refractivity contribution in [2.75, 3.05) is 6.54 Å². The number of aliphatic hydroxyl groups is 1. The highest BCUT2D eigenvalue weighted by molar-refractivity contribution is 6.47. The molecule has 338 valence electrons. The molecule has 2 aromatic carbocycles. The van der Waals surface area contributed by atoms with Gasteiger partial charge in [-0.25, -0.2) is 0 Å². The van der Waals surface area contributed by atoms with Gasteiger partial charge in [-0.15, -0.1) is 0 Å². The first-order chi connectivity index (χ1) is 29.4. The summed E-state index contributed by atoms with van der Waals surface area (Å²) in [6.07, 6.45) is 4.41. The van der Waals surface area contributed by atoms with E-state index in [1.165, 1.54) is 19.4 Å². The van der Waals surface area contributed by atoms with E-state index in [4.69, 9.17) is 20.8 Å². The molecule has 1 heterocycles. The van der Waals surface area contributed by atoms with Crippen LogP contribution >= 0.6 is 0 Å². The second-order valence-corrected chi connectivity index (χ2v) is 17.9. The summed E-state index contributed by atoms with van der Waals surface area (Å²) in [5, 5.41) is 23.6. The molecule has 10 atom stereocenters. The van der Waals surface area contributed by atoms with E-state index in [0.29, 0.717) is 36.8 Å². The minimum atomic E-state index is -1.53. The number of rotatable bonds is 22. The molecule has 0 spiro atoms. The van der Waals surface area contributed by atoms with Crippen LogP contribution < -0.4 is 38.1 Å². The molecule has 16 nitrogen and oxygen atoms in total. The summed E-state index contributed by atoms with van der Waals surface area (Å²) in [4.78, 5) is 79.3. The van der Waals surface area contributed by atoms with Crippen molar-refractivity contribution in [2.24, 2.45) is 28.7 Å². The quantitative estimate of drug-likeness (QED) is 0.0632. The molecule has 3 saturated carbocycles. The maximum atomic E-state index is 13.7. The van der Waals surface area contributed by atoms with Crippen molar-refractivity contribution in [3.05, 3.63) is 59.7 Å². The molecule has 10 N–H and O–H groups in total. The van der Waals surface area contributed by atoms with Gasteiger partial charge >= 0.3 is 7.12 Å². The molecule has 2 aromatic rings. The van der Waals surface area contributed by atoms with Crippen LogP contribution in [0.25, 0.3) is 11.1 Å². The number of aliphatic hydroxyl groups excluding tert-OH is 1. The maximum Gasteiger partial charge on any atom is 0.481 e. The number of carbonyl (C=O) groups excluding carboxylic acids is 6. The van der Waals surface area contributed by atoms with Crippen molar-refractivity contribution < 1.29 is 43.2 Å². The molecule has 2 unspecified atom stereocenters. The molecular weight excluding hydrogens is 793 g/mol. The molecular formula is C45H66BN7O9. The van der Waals surface area contributed by atoms with Gasteiger partial charge in [-0.3, -0.25) is 28.8 Å². The van der Waals surface area contributed by atoms with Crippen LogP contribution in [0.5, 0.6) is 0 Å². The predicted octanol–water partition coefficient (Wildman–Crippen LogP) is 2.04. The summed E-state index contributed by atoms with van der Waals surface area (Å²) in [6.45, 7) is 11.4. The van der Waals surface area contributed by atoms with Crippen LogP contribution in [0.15, 0.2) is 48.5 Å². The van der Waals surface area contributed by atoms with E-state index in [0.717, 1.165) is 43.2 Å². The first kappa shape index (κ1) is 48.2. The van der Waals surface area contributed by atoms with Crippen LogP contribution in [-0.4, -0.2) is 103 Å². The Balaban J connectivity index is 1.16. The van der Waals surface area contributed by atoms with Crippen molar-refractivity contribution in [1.29, 1.82) is 0 Å². The number of aryl methyl sites for hydroxylation is 1. The normalized spacial score (nSPS) is 22.6. The highest BCUT2D eigenvalue weighted by Crippen LogP contribution is 2.61. The summed E-state index contributed by atoms with van der Waals surface area (Å²) >= 11 is 0. The van der Waals surface area contributed by atoms with Crippen LogP contribution in [0, 0.1) is 17.3 Å². The predicted molar refractivity (Wildman–Crippen MR) is 235 cm³/mol. The van der Waals surface area contributed by atoms with E-state index in [9.17, 15) is 33.9 Å². The Morgan fingerprint density at radius 2 is 1.44 bits per heavy atom. The summed E-state index contributed by atoms with van der Waals surface area (Å²) in [5.74, 6) is -4.21. The number of nitrogens with one attached hydrogen (secondary N) is 5. The maximum absolute atomic E-state index is 13.7. The van der Waals surface area contributed by atoms with Gasteiger partial charge in [0, 0.05) is 5.56 Å². The van der Waals surface area contributed by atoms with Gasteiger partial charge in [0.25, 0.3) is 5.91 Å². The van der Waals surface area contributed by atoms with E-state index in [2.05, 4.69) is 71.6 Å². The standard InChI is InChI=1S/C45H66BN7O9/c1-7-8-11-28-13-15-29(16-14-28)30-17-19-31(20-18-30)41(57)51-34(12-9-10-21-47)42(58)53-38(26(3)54)44(60)49-25(2)40(56)52-35(24-37(48)55)43(59)50-27(4)46-61-36-23-32-22-33(39(36)62-46)45(32,5)6/h13-20,25-27,32-36,38-39,54H,7-12,21-24,47H2,1-6H3,(H2,48,55)(H,49,60)(H,50,59)(H,51,57)(H,52,56)(H,53,58)/t25-,26+,27-,32-,33+,34-,35-,36?,38-,39?/m0/s1. The fraction of sp³-hybridized carbons (Fsp3) is 0.600. The number of benzene rings is 2. The summed E-state index contributed by atoms with van der Waals surface area (Å²) in [5.41, 5.74) is 14.8. The molecule has 6 rings (SSSR count). The summed E-state index contributed by atoms with van der Waals surface area (Å²) in [6, 6.07) is 10.0. The lowest BCUT2D eigenvalue weighted by Gasteiger charge is -2.60. The third kappa shape index (κ3) is 12.0. The van der Waals surface area contributed by atoms with E-state index < -0.39 is 85.2 Å². The first-order valence-electron chi connectivity index (χ1n) is 22.1. The Bertz CT molecular complexity index is 1900. The van der Waals surface area contributed by atoms with Crippen LogP contribution in [-0.2, 0) is 39.7 Å². The Morgan fingerprint density at radius 1 is 0.790 bits per heavy atom. The molecule has 0 aromatic heterocycles. The number of amides is 6. The molecule has 3 aliphatic carbocycles. The molecule has 4 fully saturated rings. The van der Waals surface area contributed by atoms with E-state index in [1.807, 2.05) is 12.1 Å². The molecule has 0 radical (unpaired) electrons. The molecule has 1 saturated heterocycles. The van der Waals surface area contributed by atoms with E-state index >= 15 is 0 Å². The minimum absolute atomic E-state index is 0.0646. The number of hydrogen-bond donors (Lipinski definition) is 8. The van der Waals surface area contributed by atoms with Gasteiger partial charge in [-0.1, -0.05) is 63.6 Å². The zero-order valence-corrected chi connectivity index (χ0v) is 36.9. The molecule has 17 heteroatoms. The Kier molecular flexibility index (Phi) is 16.7. The lowest BCUT2D eigenvalue weighted by atomic mass is 9.47. The molecule has 62 heavy (non-hydrogen) atoms. The number of hydrogen-bond acceptors (Lipinski definition) is 10. The van der Waals surface area contributed by atoms with E-state index in [-0.39, 0.29) is 24.0 Å². The van der Waals surface area contributed by atoms with Gasteiger partial charge in [-0.2, -0.15) is 0 Å². The largest absolute Gasteiger partial charge is 0.481 e. The molecule has 1 aliphatic heterocycles. The highest BCUT2D eigenvalue weighted by atomic mass is 16.7. The molecule has 4 aliphatic rings. The zero-order chi connectivity index (χ0) is 45.3.